The Balaban J connectivity index is 1.72. The zero-order valence-corrected chi connectivity index (χ0v) is 13.9. The molecule has 3 rings (SSSR count). The average Bonchev–Trinajstić information content (AvgIpc) is 2.65. The monoisotopic (exact) mass is 394 g/mol. The highest BCUT2D eigenvalue weighted by Crippen LogP contribution is 2.31. The number of amides is 1. The van der Waals surface area contributed by atoms with Crippen molar-refractivity contribution in [1.29, 1.82) is 0 Å². The lowest BCUT2D eigenvalue weighted by molar-refractivity contribution is -0.137. The summed E-state index contributed by atoms with van der Waals surface area (Å²) in [6.07, 6.45) is -4.49. The van der Waals surface area contributed by atoms with E-state index in [0.717, 1.165) is 30.3 Å². The van der Waals surface area contributed by atoms with Crippen molar-refractivity contribution in [1.82, 2.24) is 10.2 Å². The van der Waals surface area contributed by atoms with Gasteiger partial charge in [-0.05, 0) is 42.5 Å². The number of nitrogens with one attached hydrogen (secondary N) is 2. The van der Waals surface area contributed by atoms with Crippen LogP contribution in [0.15, 0.2) is 54.6 Å². The van der Waals surface area contributed by atoms with Gasteiger partial charge in [-0.15, -0.1) is 10.2 Å². The lowest BCUT2D eigenvalue weighted by Gasteiger charge is -2.10. The number of carbonyl (C=O) groups is 1. The van der Waals surface area contributed by atoms with E-state index in [1.165, 1.54) is 24.3 Å². The maximum Gasteiger partial charge on any atom is 0.416 e. The summed E-state index contributed by atoms with van der Waals surface area (Å²) < 4.78 is 65.3. The summed E-state index contributed by atoms with van der Waals surface area (Å²) in [6.45, 7) is 0. The van der Waals surface area contributed by atoms with E-state index >= 15 is 0 Å². The molecule has 3 aromatic rings. The molecule has 10 heteroatoms. The molecule has 0 saturated carbocycles. The minimum Gasteiger partial charge on any atom is -0.339 e. The Bertz CT molecular complexity index is 985. The molecule has 0 atom stereocenters. The third-order valence-corrected chi connectivity index (χ3v) is 3.56. The highest BCUT2D eigenvalue weighted by atomic mass is 19.4. The van der Waals surface area contributed by atoms with Crippen LogP contribution in [0, 0.1) is 11.6 Å². The predicted octanol–water partition coefficient (Wildman–Crippen LogP) is 4.77. The lowest BCUT2D eigenvalue weighted by Crippen LogP contribution is -2.16. The second kappa shape index (κ2) is 7.59. The van der Waals surface area contributed by atoms with Gasteiger partial charge in [0.15, 0.2) is 11.5 Å². The van der Waals surface area contributed by atoms with Crippen LogP contribution in [-0.2, 0) is 6.18 Å². The number of benzene rings is 2. The van der Waals surface area contributed by atoms with Crippen LogP contribution in [0.1, 0.15) is 16.1 Å². The van der Waals surface area contributed by atoms with Crippen LogP contribution >= 0.6 is 0 Å². The van der Waals surface area contributed by atoms with E-state index in [1.54, 1.807) is 0 Å². The van der Waals surface area contributed by atoms with E-state index in [4.69, 9.17) is 0 Å². The second-order valence-corrected chi connectivity index (χ2v) is 5.56. The standard InChI is InChI=1S/C18H11F5N4O/c19-12-5-2-6-13(20)16(12)25-17(28)14-7-8-15(27-26-14)24-11-4-1-3-10(9-11)18(21,22)23/h1-9H,(H,24,27)(H,25,28). The molecule has 0 bridgehead atoms. The van der Waals surface area contributed by atoms with Gasteiger partial charge >= 0.3 is 6.18 Å². The van der Waals surface area contributed by atoms with Crippen LogP contribution in [-0.4, -0.2) is 16.1 Å². The molecule has 2 aromatic carbocycles. The predicted molar refractivity (Wildman–Crippen MR) is 91.1 cm³/mol. The molecular formula is C18H11F5N4O. The third-order valence-electron chi connectivity index (χ3n) is 3.56. The molecule has 144 valence electrons. The first-order valence-corrected chi connectivity index (χ1v) is 7.77. The molecule has 5 nitrogen and oxygen atoms in total. The summed E-state index contributed by atoms with van der Waals surface area (Å²) in [5, 5.41) is 12.0. The summed E-state index contributed by atoms with van der Waals surface area (Å²) in [4.78, 5) is 12.1. The van der Waals surface area contributed by atoms with Gasteiger partial charge < -0.3 is 10.6 Å². The molecule has 1 amide bonds. The third kappa shape index (κ3) is 4.40. The van der Waals surface area contributed by atoms with Crippen molar-refractivity contribution in [3.05, 3.63) is 77.5 Å². The topological polar surface area (TPSA) is 66.9 Å². The number of carbonyl (C=O) groups excluding carboxylic acids is 1. The van der Waals surface area contributed by atoms with Crippen LogP contribution in [0.4, 0.5) is 39.1 Å². The van der Waals surface area contributed by atoms with Gasteiger partial charge in [-0.1, -0.05) is 12.1 Å². The van der Waals surface area contributed by atoms with Gasteiger partial charge in [0.25, 0.3) is 5.91 Å². The smallest absolute Gasteiger partial charge is 0.339 e. The fraction of sp³-hybridized carbons (Fsp3) is 0.0556. The fourth-order valence-corrected chi connectivity index (χ4v) is 2.24. The number of aromatic nitrogens is 2. The number of halogens is 5. The van der Waals surface area contributed by atoms with Gasteiger partial charge in [0, 0.05) is 5.69 Å². The molecule has 0 aliphatic carbocycles. The number of hydrogen-bond acceptors (Lipinski definition) is 4. The normalized spacial score (nSPS) is 11.2. The van der Waals surface area contributed by atoms with Crippen molar-refractivity contribution in [3.63, 3.8) is 0 Å². The number of anilines is 3. The zero-order valence-electron chi connectivity index (χ0n) is 13.9. The van der Waals surface area contributed by atoms with Gasteiger partial charge in [-0.3, -0.25) is 4.79 Å². The number of rotatable bonds is 4. The molecule has 0 radical (unpaired) electrons. The van der Waals surface area contributed by atoms with Crippen molar-refractivity contribution >= 4 is 23.1 Å². The molecule has 0 fully saturated rings. The molecule has 1 heterocycles. The number of nitrogens with zero attached hydrogens (tertiary/aromatic N) is 2. The summed E-state index contributed by atoms with van der Waals surface area (Å²) in [5.41, 5.74) is -1.58. The van der Waals surface area contributed by atoms with E-state index in [1.807, 2.05) is 0 Å². The molecule has 28 heavy (non-hydrogen) atoms. The number of hydrogen-bond donors (Lipinski definition) is 2. The Morgan fingerprint density at radius 1 is 0.893 bits per heavy atom. The maximum atomic E-state index is 13.6. The van der Waals surface area contributed by atoms with Crippen molar-refractivity contribution < 1.29 is 26.7 Å². The van der Waals surface area contributed by atoms with Gasteiger partial charge in [-0.2, -0.15) is 13.2 Å². The van der Waals surface area contributed by atoms with E-state index < -0.39 is 35.0 Å². The van der Waals surface area contributed by atoms with E-state index in [9.17, 15) is 26.7 Å². The quantitative estimate of drug-likeness (QED) is 0.626. The summed E-state index contributed by atoms with van der Waals surface area (Å²) in [6, 6.07) is 10.0. The first kappa shape index (κ1) is 19.2. The number of para-hydroxylation sites is 1. The Morgan fingerprint density at radius 2 is 1.57 bits per heavy atom. The molecule has 0 aliphatic heterocycles. The molecule has 0 unspecified atom stereocenters. The van der Waals surface area contributed by atoms with Crippen molar-refractivity contribution in [2.45, 2.75) is 6.18 Å². The fourth-order valence-electron chi connectivity index (χ4n) is 2.24. The first-order chi connectivity index (χ1) is 13.2. The molecule has 0 saturated heterocycles. The minimum atomic E-state index is -4.49. The van der Waals surface area contributed by atoms with Gasteiger partial charge in [0.2, 0.25) is 0 Å². The zero-order chi connectivity index (χ0) is 20.3. The van der Waals surface area contributed by atoms with Crippen molar-refractivity contribution in [3.8, 4) is 0 Å². The van der Waals surface area contributed by atoms with Crippen LogP contribution < -0.4 is 10.6 Å². The molecular weight excluding hydrogens is 383 g/mol. The highest BCUT2D eigenvalue weighted by Gasteiger charge is 2.30. The van der Waals surface area contributed by atoms with Crippen LogP contribution in [0.3, 0.4) is 0 Å². The van der Waals surface area contributed by atoms with Crippen LogP contribution in [0.2, 0.25) is 0 Å². The molecule has 0 aliphatic rings. The Kier molecular flexibility index (Phi) is 5.21. The van der Waals surface area contributed by atoms with Crippen molar-refractivity contribution in [2.24, 2.45) is 0 Å². The van der Waals surface area contributed by atoms with Gasteiger partial charge in [-0.25, -0.2) is 8.78 Å². The Hall–Kier alpha value is -3.56. The lowest BCUT2D eigenvalue weighted by atomic mass is 10.2. The SMILES string of the molecule is O=C(Nc1c(F)cccc1F)c1ccc(Nc2cccc(C(F)(F)F)c2)nn1. The molecule has 1 aromatic heterocycles. The average molecular weight is 394 g/mol. The molecule has 0 spiro atoms. The Morgan fingerprint density at radius 3 is 2.18 bits per heavy atom. The summed E-state index contributed by atoms with van der Waals surface area (Å²) in [5.74, 6) is -2.73. The van der Waals surface area contributed by atoms with E-state index in [2.05, 4.69) is 20.8 Å². The second-order valence-electron chi connectivity index (χ2n) is 5.56. The van der Waals surface area contributed by atoms with Crippen LogP contribution in [0.25, 0.3) is 0 Å². The Labute approximate surface area is 155 Å². The first-order valence-electron chi connectivity index (χ1n) is 7.77. The molecule has 2 N–H and O–H groups in total. The van der Waals surface area contributed by atoms with E-state index in [0.29, 0.717) is 0 Å². The summed E-state index contributed by atoms with van der Waals surface area (Å²) >= 11 is 0. The number of alkyl halides is 3. The van der Waals surface area contributed by atoms with Crippen molar-refractivity contribution in [2.75, 3.05) is 10.6 Å². The van der Waals surface area contributed by atoms with Crippen LogP contribution in [0.5, 0.6) is 0 Å². The minimum absolute atomic E-state index is 0.0768. The van der Waals surface area contributed by atoms with Gasteiger partial charge in [0.1, 0.15) is 17.3 Å². The maximum absolute atomic E-state index is 13.6. The van der Waals surface area contributed by atoms with E-state index in [-0.39, 0.29) is 17.2 Å². The largest absolute Gasteiger partial charge is 0.416 e. The van der Waals surface area contributed by atoms with Gasteiger partial charge in [0.05, 0.1) is 5.56 Å². The summed E-state index contributed by atoms with van der Waals surface area (Å²) in [7, 11) is 0. The highest BCUT2D eigenvalue weighted by molar-refractivity contribution is 6.02.